The van der Waals surface area contributed by atoms with Crippen LogP contribution in [0, 0.1) is 5.82 Å². The molecule has 0 saturated heterocycles. The van der Waals surface area contributed by atoms with E-state index >= 15 is 0 Å². The van der Waals surface area contributed by atoms with Crippen LogP contribution in [-0.4, -0.2) is 15.9 Å². The Kier molecular flexibility index (Phi) is 3.93. The van der Waals surface area contributed by atoms with E-state index in [-0.39, 0.29) is 11.4 Å². The molecule has 3 aromatic carbocycles. The second-order valence-electron chi connectivity index (χ2n) is 5.71. The van der Waals surface area contributed by atoms with E-state index in [1.165, 1.54) is 12.1 Å². The van der Waals surface area contributed by atoms with Crippen LogP contribution in [0.25, 0.3) is 33.5 Å². The van der Waals surface area contributed by atoms with Gasteiger partial charge in [-0.05, 0) is 23.8 Å². The molecule has 4 nitrogen and oxygen atoms in total. The number of benzene rings is 3. The molecule has 0 fully saturated rings. The predicted molar refractivity (Wildman–Crippen MR) is 93.4 cm³/mol. The third kappa shape index (κ3) is 2.71. The van der Waals surface area contributed by atoms with Gasteiger partial charge in [-0.25, -0.2) is 19.1 Å². The Morgan fingerprint density at radius 1 is 0.923 bits per heavy atom. The summed E-state index contributed by atoms with van der Waals surface area (Å²) in [6.07, 6.45) is 0. The monoisotopic (exact) mass is 350 g/mol. The highest BCUT2D eigenvalue weighted by atomic mass is 19.3. The van der Waals surface area contributed by atoms with Gasteiger partial charge in [0, 0.05) is 15.7 Å². The summed E-state index contributed by atoms with van der Waals surface area (Å²) >= 11 is 0. The van der Waals surface area contributed by atoms with E-state index in [4.69, 9.17) is 0 Å². The molecule has 6 heteroatoms. The van der Waals surface area contributed by atoms with Crippen LogP contribution in [0.4, 0.5) is 8.92 Å². The van der Waals surface area contributed by atoms with E-state index in [0.717, 1.165) is 11.1 Å². The van der Waals surface area contributed by atoms with Crippen LogP contribution in [-0.2, 0) is 4.94 Å². The van der Waals surface area contributed by atoms with Crippen LogP contribution >= 0.6 is 0 Å². The lowest BCUT2D eigenvalue weighted by atomic mass is 10.0. The average molecular weight is 350 g/mol. The number of para-hydroxylation sites is 1. The van der Waals surface area contributed by atoms with Crippen molar-refractivity contribution in [1.29, 1.82) is 0 Å². The summed E-state index contributed by atoms with van der Waals surface area (Å²) in [6, 6.07) is 18.5. The van der Waals surface area contributed by atoms with E-state index in [9.17, 15) is 13.7 Å². The molecule has 0 amide bonds. The number of aromatic amines is 1. The fourth-order valence-corrected chi connectivity index (χ4v) is 2.88. The molecule has 0 aliphatic heterocycles. The largest absolute Gasteiger partial charge is 0.381 e. The number of rotatable bonds is 3. The molecule has 0 saturated carbocycles. The Morgan fingerprint density at radius 3 is 2.38 bits per heavy atom. The van der Waals surface area contributed by atoms with Gasteiger partial charge < -0.3 is 4.98 Å². The minimum atomic E-state index is -1.09. The maximum atomic E-state index is 13.9. The molecule has 0 radical (unpaired) electrons. The highest BCUT2D eigenvalue weighted by Crippen LogP contribution is 2.27. The molecular formula is C20H12F2N2O2. The predicted octanol–water partition coefficient (Wildman–Crippen LogP) is 5.08. The number of carbonyl (C=O) groups is 1. The first-order valence-corrected chi connectivity index (χ1v) is 7.84. The number of hydrogen-bond donors (Lipinski definition) is 1. The number of halogens is 2. The molecule has 0 unspecified atom stereocenters. The molecule has 1 N–H and O–H groups in total. The van der Waals surface area contributed by atoms with Gasteiger partial charge in [0.25, 0.3) is 0 Å². The van der Waals surface area contributed by atoms with E-state index in [0.29, 0.717) is 22.4 Å². The van der Waals surface area contributed by atoms with Crippen molar-refractivity contribution in [2.45, 2.75) is 0 Å². The van der Waals surface area contributed by atoms with Gasteiger partial charge in [-0.1, -0.05) is 48.5 Å². The number of hydrogen-bond acceptors (Lipinski definition) is 3. The zero-order valence-electron chi connectivity index (χ0n) is 13.4. The van der Waals surface area contributed by atoms with Crippen LogP contribution in [0.5, 0.6) is 0 Å². The molecule has 1 heterocycles. The first kappa shape index (κ1) is 16.0. The van der Waals surface area contributed by atoms with Crippen LogP contribution in [0.15, 0.2) is 66.7 Å². The van der Waals surface area contributed by atoms with Gasteiger partial charge in [0.2, 0.25) is 0 Å². The molecule has 4 aromatic rings. The van der Waals surface area contributed by atoms with Crippen molar-refractivity contribution >= 4 is 17.0 Å². The third-order valence-corrected chi connectivity index (χ3v) is 4.15. The Morgan fingerprint density at radius 2 is 1.65 bits per heavy atom. The maximum Gasteiger partial charge on any atom is 0.381 e. The first-order chi connectivity index (χ1) is 12.7. The maximum absolute atomic E-state index is 13.9. The summed E-state index contributed by atoms with van der Waals surface area (Å²) in [4.78, 5) is 22.3. The molecule has 0 aliphatic rings. The molecule has 0 bridgehead atoms. The highest BCUT2D eigenvalue weighted by Gasteiger charge is 2.16. The van der Waals surface area contributed by atoms with Gasteiger partial charge in [-0.2, -0.15) is 0 Å². The lowest BCUT2D eigenvalue weighted by molar-refractivity contribution is -0.0786. The topological polar surface area (TPSA) is 55.0 Å². The minimum Gasteiger partial charge on any atom is -0.338 e. The number of nitrogens with zero attached hydrogens (tertiary/aromatic N) is 1. The van der Waals surface area contributed by atoms with Gasteiger partial charge in [-0.15, -0.1) is 0 Å². The molecule has 1 aromatic heterocycles. The fourth-order valence-electron chi connectivity index (χ4n) is 2.88. The fraction of sp³-hybridized carbons (Fsp3) is 0. The first-order valence-electron chi connectivity index (χ1n) is 7.84. The van der Waals surface area contributed by atoms with Crippen molar-refractivity contribution < 1.29 is 18.7 Å². The normalized spacial score (nSPS) is 10.8. The van der Waals surface area contributed by atoms with Crippen molar-refractivity contribution in [3.8, 4) is 22.5 Å². The Balaban J connectivity index is 1.74. The molecule has 4 rings (SSSR count). The summed E-state index contributed by atoms with van der Waals surface area (Å²) in [5, 5.41) is 0. The zero-order valence-corrected chi connectivity index (χ0v) is 13.4. The number of nitrogens with one attached hydrogen (secondary N) is 1. The molecule has 0 aliphatic carbocycles. The van der Waals surface area contributed by atoms with Gasteiger partial charge in [0.15, 0.2) is 0 Å². The van der Waals surface area contributed by atoms with Gasteiger partial charge >= 0.3 is 5.97 Å². The highest BCUT2D eigenvalue weighted by molar-refractivity contribution is 6.02. The SMILES string of the molecule is O=C(OF)c1cccc2[nH]c(-c3ccc(-c4ccccc4F)cc3)nc12. The summed E-state index contributed by atoms with van der Waals surface area (Å²) in [6.45, 7) is 0. The van der Waals surface area contributed by atoms with E-state index < -0.39 is 5.97 Å². The molecule has 0 spiro atoms. The van der Waals surface area contributed by atoms with Crippen molar-refractivity contribution in [2.75, 3.05) is 0 Å². The van der Waals surface area contributed by atoms with Crippen LogP contribution in [0.1, 0.15) is 10.4 Å². The summed E-state index contributed by atoms with van der Waals surface area (Å²) in [5.41, 5.74) is 2.95. The smallest absolute Gasteiger partial charge is 0.338 e. The Hall–Kier alpha value is -3.54. The van der Waals surface area contributed by atoms with Crippen LogP contribution < -0.4 is 0 Å². The molecule has 128 valence electrons. The third-order valence-electron chi connectivity index (χ3n) is 4.15. The van der Waals surface area contributed by atoms with Crippen LogP contribution in [0.2, 0.25) is 0 Å². The number of H-pyrrole nitrogens is 1. The van der Waals surface area contributed by atoms with E-state index in [1.807, 2.05) is 0 Å². The molecular weight excluding hydrogens is 338 g/mol. The quantitative estimate of drug-likeness (QED) is 0.561. The lowest BCUT2D eigenvalue weighted by Crippen LogP contribution is -1.99. The van der Waals surface area contributed by atoms with E-state index in [2.05, 4.69) is 14.9 Å². The van der Waals surface area contributed by atoms with Gasteiger partial charge in [-0.3, -0.25) is 0 Å². The number of fused-ring (bicyclic) bond motifs is 1. The number of imidazole rings is 1. The summed E-state index contributed by atoms with van der Waals surface area (Å²) < 4.78 is 26.1. The number of carbonyl (C=O) groups excluding carboxylic acids is 1. The van der Waals surface area contributed by atoms with Gasteiger partial charge in [0.05, 0.1) is 11.1 Å². The minimum absolute atomic E-state index is 0.0375. The van der Waals surface area contributed by atoms with E-state index in [1.54, 1.807) is 54.6 Å². The van der Waals surface area contributed by atoms with Crippen molar-refractivity contribution in [3.05, 3.63) is 78.1 Å². The zero-order chi connectivity index (χ0) is 18.1. The lowest BCUT2D eigenvalue weighted by Gasteiger charge is -2.04. The van der Waals surface area contributed by atoms with Crippen molar-refractivity contribution in [1.82, 2.24) is 9.97 Å². The second-order valence-corrected chi connectivity index (χ2v) is 5.71. The van der Waals surface area contributed by atoms with Gasteiger partial charge in [0.1, 0.15) is 17.2 Å². The van der Waals surface area contributed by atoms with Crippen LogP contribution in [0.3, 0.4) is 0 Å². The number of aromatic nitrogens is 2. The summed E-state index contributed by atoms with van der Waals surface area (Å²) in [5.74, 6) is -0.874. The standard InChI is InChI=1S/C20H12F2N2O2/c21-16-6-2-1-4-14(16)12-8-10-13(11-9-12)19-23-17-7-3-5-15(18(17)24-19)20(25)26-22/h1-11H,(H,23,24). The molecule has 0 atom stereocenters. The Bertz CT molecular complexity index is 1100. The summed E-state index contributed by atoms with van der Waals surface area (Å²) in [7, 11) is 0. The molecule has 26 heavy (non-hydrogen) atoms. The average Bonchev–Trinajstić information content (AvgIpc) is 3.12. The second kappa shape index (κ2) is 6.40. The Labute approximate surface area is 147 Å². The van der Waals surface area contributed by atoms with Crippen molar-refractivity contribution in [3.63, 3.8) is 0 Å². The van der Waals surface area contributed by atoms with Crippen molar-refractivity contribution in [2.24, 2.45) is 0 Å².